The third-order valence-electron chi connectivity index (χ3n) is 5.12. The van der Waals surface area contributed by atoms with Gasteiger partial charge in [0.1, 0.15) is 0 Å². The first-order valence-electron chi connectivity index (χ1n) is 9.48. The Kier molecular flexibility index (Phi) is 5.21. The molecule has 0 aliphatic carbocycles. The summed E-state index contributed by atoms with van der Waals surface area (Å²) in [7, 11) is -3.48. The number of aryl methyl sites for hydroxylation is 1. The number of benzene rings is 2. The molecule has 0 unspecified atom stereocenters. The molecule has 2 N–H and O–H groups in total. The number of para-hydroxylation sites is 1. The van der Waals surface area contributed by atoms with Crippen LogP contribution in [0.5, 0.6) is 0 Å². The first kappa shape index (κ1) is 19.4. The number of nitrogens with one attached hydrogen (secondary N) is 2. The van der Waals surface area contributed by atoms with Gasteiger partial charge < -0.3 is 4.98 Å². The van der Waals surface area contributed by atoms with Crippen molar-refractivity contribution >= 4 is 33.0 Å². The number of H-pyrrole nitrogens is 1. The van der Waals surface area contributed by atoms with Gasteiger partial charge in [-0.1, -0.05) is 18.2 Å². The highest BCUT2D eigenvalue weighted by atomic mass is 32.2. The van der Waals surface area contributed by atoms with Crippen LogP contribution in [0.15, 0.2) is 58.5 Å². The van der Waals surface area contributed by atoms with Crippen molar-refractivity contribution in [2.75, 3.05) is 13.1 Å². The van der Waals surface area contributed by atoms with E-state index in [9.17, 15) is 13.2 Å². The molecule has 8 heteroatoms. The second-order valence-corrected chi connectivity index (χ2v) is 8.98. The van der Waals surface area contributed by atoms with Crippen LogP contribution in [0.1, 0.15) is 34.5 Å². The van der Waals surface area contributed by atoms with Crippen molar-refractivity contribution in [1.82, 2.24) is 14.7 Å². The van der Waals surface area contributed by atoms with E-state index >= 15 is 0 Å². The van der Waals surface area contributed by atoms with Crippen LogP contribution in [0, 0.1) is 6.92 Å². The Labute approximate surface area is 169 Å². The van der Waals surface area contributed by atoms with Gasteiger partial charge in [0.05, 0.1) is 11.1 Å². The zero-order valence-electron chi connectivity index (χ0n) is 16.1. The van der Waals surface area contributed by atoms with E-state index in [4.69, 9.17) is 0 Å². The number of sulfonamides is 1. The van der Waals surface area contributed by atoms with Gasteiger partial charge in [0.2, 0.25) is 10.0 Å². The minimum atomic E-state index is -3.48. The van der Waals surface area contributed by atoms with Crippen molar-refractivity contribution in [3.8, 4) is 0 Å². The number of carbonyl (C=O) groups excluding carboxylic acids is 1. The molecule has 1 saturated heterocycles. The van der Waals surface area contributed by atoms with Gasteiger partial charge >= 0.3 is 0 Å². The van der Waals surface area contributed by atoms with Crippen LogP contribution in [0.4, 0.5) is 0 Å². The molecule has 2 heterocycles. The number of aromatic amines is 1. The van der Waals surface area contributed by atoms with E-state index in [2.05, 4.69) is 15.5 Å². The lowest BCUT2D eigenvalue weighted by molar-refractivity contribution is 0.0955. The Bertz CT molecular complexity index is 1170. The van der Waals surface area contributed by atoms with Gasteiger partial charge in [-0.15, -0.1) is 0 Å². The Balaban J connectivity index is 1.46. The molecule has 0 radical (unpaired) electrons. The summed E-state index contributed by atoms with van der Waals surface area (Å²) in [6.45, 7) is 3.04. The van der Waals surface area contributed by atoms with Gasteiger partial charge in [-0.3, -0.25) is 4.79 Å². The Morgan fingerprint density at radius 3 is 2.52 bits per heavy atom. The summed E-state index contributed by atoms with van der Waals surface area (Å²) in [5.74, 6) is -0.399. The molecule has 0 saturated carbocycles. The van der Waals surface area contributed by atoms with Gasteiger partial charge in [0.25, 0.3) is 5.91 Å². The molecular formula is C21H22N4O3S. The summed E-state index contributed by atoms with van der Waals surface area (Å²) in [5.41, 5.74) is 5.72. The Morgan fingerprint density at radius 1 is 1.10 bits per heavy atom. The fraction of sp³-hybridized carbons (Fsp3) is 0.238. The highest BCUT2D eigenvalue weighted by Crippen LogP contribution is 2.21. The lowest BCUT2D eigenvalue weighted by atomic mass is 10.1. The second-order valence-electron chi connectivity index (χ2n) is 7.04. The minimum Gasteiger partial charge on any atom is -0.358 e. The Morgan fingerprint density at radius 2 is 1.79 bits per heavy atom. The Hall–Kier alpha value is -2.97. The highest BCUT2D eigenvalue weighted by molar-refractivity contribution is 7.89. The van der Waals surface area contributed by atoms with Crippen molar-refractivity contribution in [3.05, 3.63) is 65.4 Å². The summed E-state index contributed by atoms with van der Waals surface area (Å²) >= 11 is 0. The molecular weight excluding hydrogens is 388 g/mol. The summed E-state index contributed by atoms with van der Waals surface area (Å²) in [5, 5.41) is 5.09. The van der Waals surface area contributed by atoms with E-state index in [-0.39, 0.29) is 4.90 Å². The number of hydrogen-bond acceptors (Lipinski definition) is 4. The molecule has 2 aromatic carbocycles. The molecule has 1 aromatic heterocycles. The maximum absolute atomic E-state index is 12.6. The molecule has 1 aliphatic rings. The van der Waals surface area contributed by atoms with Gasteiger partial charge in [-0.05, 0) is 50.1 Å². The molecule has 1 aliphatic heterocycles. The fourth-order valence-electron chi connectivity index (χ4n) is 3.54. The number of carbonyl (C=O) groups is 1. The van der Waals surface area contributed by atoms with Crippen LogP contribution >= 0.6 is 0 Å². The molecule has 150 valence electrons. The summed E-state index contributed by atoms with van der Waals surface area (Å²) in [6.07, 6.45) is 3.37. The number of nitrogens with zero attached hydrogens (tertiary/aromatic N) is 2. The van der Waals surface area contributed by atoms with Crippen LogP contribution in [0.25, 0.3) is 10.9 Å². The third-order valence-corrected chi connectivity index (χ3v) is 7.04. The second kappa shape index (κ2) is 7.81. The van der Waals surface area contributed by atoms with Crippen molar-refractivity contribution in [2.24, 2.45) is 5.10 Å². The fourth-order valence-corrected chi connectivity index (χ4v) is 5.06. The van der Waals surface area contributed by atoms with Crippen molar-refractivity contribution < 1.29 is 13.2 Å². The minimum absolute atomic E-state index is 0.203. The van der Waals surface area contributed by atoms with Gasteiger partial charge in [0, 0.05) is 40.8 Å². The number of amides is 1. The number of hydrazone groups is 1. The van der Waals surface area contributed by atoms with Crippen molar-refractivity contribution in [1.29, 1.82) is 0 Å². The molecule has 4 rings (SSSR count). The van der Waals surface area contributed by atoms with Crippen LogP contribution in [0.2, 0.25) is 0 Å². The number of fused-ring (bicyclic) bond motifs is 1. The van der Waals surface area contributed by atoms with Crippen molar-refractivity contribution in [3.63, 3.8) is 0 Å². The highest BCUT2D eigenvalue weighted by Gasteiger charge is 2.27. The van der Waals surface area contributed by atoms with E-state index in [1.54, 1.807) is 6.21 Å². The van der Waals surface area contributed by atoms with E-state index in [0.29, 0.717) is 18.7 Å². The maximum Gasteiger partial charge on any atom is 0.271 e. The van der Waals surface area contributed by atoms with E-state index < -0.39 is 15.9 Å². The number of aromatic nitrogens is 1. The number of hydrogen-bond donors (Lipinski definition) is 2. The van der Waals surface area contributed by atoms with Gasteiger partial charge in [-0.2, -0.15) is 9.41 Å². The van der Waals surface area contributed by atoms with Crippen LogP contribution in [-0.2, 0) is 10.0 Å². The average Bonchev–Trinajstić information content (AvgIpc) is 3.37. The lowest BCUT2D eigenvalue weighted by Gasteiger charge is -2.15. The third kappa shape index (κ3) is 3.81. The largest absolute Gasteiger partial charge is 0.358 e. The van der Waals surface area contributed by atoms with Crippen LogP contribution < -0.4 is 5.43 Å². The van der Waals surface area contributed by atoms with E-state index in [1.807, 2.05) is 31.2 Å². The lowest BCUT2D eigenvalue weighted by Crippen LogP contribution is -2.28. The van der Waals surface area contributed by atoms with Gasteiger partial charge in [0.15, 0.2) is 0 Å². The molecule has 7 nitrogen and oxygen atoms in total. The quantitative estimate of drug-likeness (QED) is 0.500. The molecule has 3 aromatic rings. The van der Waals surface area contributed by atoms with E-state index in [1.165, 1.54) is 28.6 Å². The normalized spacial score (nSPS) is 15.3. The SMILES string of the molecule is Cc1[nH]c2ccccc2c1/C=N/NC(=O)c1ccc(S(=O)(=O)N2CCCC2)cc1. The molecule has 0 atom stereocenters. The van der Waals surface area contributed by atoms with Crippen molar-refractivity contribution in [2.45, 2.75) is 24.7 Å². The predicted octanol–water partition coefficient (Wildman–Crippen LogP) is 3.02. The summed E-state index contributed by atoms with van der Waals surface area (Å²) in [4.78, 5) is 15.8. The first-order valence-corrected chi connectivity index (χ1v) is 10.9. The predicted molar refractivity (Wildman–Crippen MR) is 113 cm³/mol. The molecule has 1 amide bonds. The monoisotopic (exact) mass is 410 g/mol. The number of rotatable bonds is 5. The summed E-state index contributed by atoms with van der Waals surface area (Å²) < 4.78 is 26.6. The topological polar surface area (TPSA) is 94.6 Å². The zero-order chi connectivity index (χ0) is 20.4. The standard InChI is InChI=1S/C21H22N4O3S/c1-15-19(18-6-2-3-7-20(18)23-15)14-22-24-21(26)16-8-10-17(11-9-16)29(27,28)25-12-4-5-13-25/h2-3,6-11,14,23H,4-5,12-13H2,1H3,(H,24,26)/b22-14+. The zero-order valence-corrected chi connectivity index (χ0v) is 16.9. The van der Waals surface area contributed by atoms with Crippen LogP contribution in [0.3, 0.4) is 0 Å². The molecule has 1 fully saturated rings. The average molecular weight is 410 g/mol. The molecule has 0 bridgehead atoms. The maximum atomic E-state index is 12.6. The first-order chi connectivity index (χ1) is 14.0. The molecule has 29 heavy (non-hydrogen) atoms. The summed E-state index contributed by atoms with van der Waals surface area (Å²) in [6, 6.07) is 13.8. The van der Waals surface area contributed by atoms with E-state index in [0.717, 1.165) is 35.0 Å². The molecule has 0 spiro atoms. The van der Waals surface area contributed by atoms with Crippen LogP contribution in [-0.4, -0.2) is 42.9 Å². The van der Waals surface area contributed by atoms with Gasteiger partial charge in [-0.25, -0.2) is 13.8 Å². The smallest absolute Gasteiger partial charge is 0.271 e.